The van der Waals surface area contributed by atoms with Crippen molar-refractivity contribution in [2.24, 2.45) is 5.73 Å². The number of benzene rings is 1. The molecule has 1 amide bonds. The van der Waals surface area contributed by atoms with E-state index in [-0.39, 0.29) is 30.5 Å². The number of ether oxygens (including phenoxy) is 1. The van der Waals surface area contributed by atoms with Crippen LogP contribution in [-0.2, 0) is 19.6 Å². The number of nitrogens with two attached hydrogens (primary N) is 1. The molecular weight excluding hydrogens is 342 g/mol. The molecule has 1 aliphatic rings. The molecule has 1 heterocycles. The van der Waals surface area contributed by atoms with Crippen molar-refractivity contribution in [3.05, 3.63) is 29.8 Å². The molecule has 7 nitrogen and oxygen atoms in total. The number of methoxy groups -OCH3 is 1. The van der Waals surface area contributed by atoms with Crippen LogP contribution in [0.3, 0.4) is 0 Å². The molecule has 1 atom stereocenters. The predicted octanol–water partition coefficient (Wildman–Crippen LogP) is 0.617. The standard InChI is InChI=1S/C17H27N3O4S/c1-13(2)14-4-6-15(7-5-14)25(22,23)20-10-8-19(9-11-20)17(21)16(18)12-24-3/h4-7,13,16H,8-12,18H2,1-3H3. The van der Waals surface area contributed by atoms with Gasteiger partial charge in [-0.25, -0.2) is 8.42 Å². The Morgan fingerprint density at radius 1 is 1.16 bits per heavy atom. The lowest BCUT2D eigenvalue weighted by molar-refractivity contribution is -0.134. The monoisotopic (exact) mass is 369 g/mol. The molecule has 0 spiro atoms. The Morgan fingerprint density at radius 3 is 2.20 bits per heavy atom. The van der Waals surface area contributed by atoms with Gasteiger partial charge in [-0.2, -0.15) is 4.31 Å². The Labute approximate surface area is 149 Å². The number of amides is 1. The Bertz CT molecular complexity index is 680. The lowest BCUT2D eigenvalue weighted by Crippen LogP contribution is -2.55. The highest BCUT2D eigenvalue weighted by molar-refractivity contribution is 7.89. The fourth-order valence-corrected chi connectivity index (χ4v) is 4.23. The SMILES string of the molecule is COCC(N)C(=O)N1CCN(S(=O)(=O)c2ccc(C(C)C)cc2)CC1. The highest BCUT2D eigenvalue weighted by Gasteiger charge is 2.31. The molecule has 8 heteroatoms. The van der Waals surface area contributed by atoms with Gasteiger partial charge in [0.15, 0.2) is 0 Å². The fraction of sp³-hybridized carbons (Fsp3) is 0.588. The van der Waals surface area contributed by atoms with Gasteiger partial charge in [0.1, 0.15) is 6.04 Å². The molecular formula is C17H27N3O4S. The van der Waals surface area contributed by atoms with Crippen molar-refractivity contribution in [2.75, 3.05) is 39.9 Å². The summed E-state index contributed by atoms with van der Waals surface area (Å²) < 4.78 is 31.8. The first-order valence-corrected chi connectivity index (χ1v) is 9.84. The topological polar surface area (TPSA) is 92.9 Å². The molecule has 1 fully saturated rings. The minimum Gasteiger partial charge on any atom is -0.383 e. The van der Waals surface area contributed by atoms with Crippen LogP contribution in [0.2, 0.25) is 0 Å². The van der Waals surface area contributed by atoms with Crippen LogP contribution in [0.15, 0.2) is 29.2 Å². The Morgan fingerprint density at radius 2 is 1.72 bits per heavy atom. The molecule has 25 heavy (non-hydrogen) atoms. The molecule has 1 aromatic rings. The van der Waals surface area contributed by atoms with E-state index in [0.717, 1.165) is 5.56 Å². The van der Waals surface area contributed by atoms with Gasteiger partial charge in [-0.05, 0) is 23.6 Å². The first kappa shape index (κ1) is 19.8. The van der Waals surface area contributed by atoms with Crippen LogP contribution in [0.5, 0.6) is 0 Å². The maximum atomic E-state index is 12.8. The number of piperazine rings is 1. The number of carbonyl (C=O) groups excluding carboxylic acids is 1. The highest BCUT2D eigenvalue weighted by Crippen LogP contribution is 2.21. The number of nitrogens with zero attached hydrogens (tertiary/aromatic N) is 2. The summed E-state index contributed by atoms with van der Waals surface area (Å²) in [4.78, 5) is 14.0. The fourth-order valence-electron chi connectivity index (χ4n) is 2.81. The molecule has 0 radical (unpaired) electrons. The number of rotatable bonds is 6. The predicted molar refractivity (Wildman–Crippen MR) is 95.7 cm³/mol. The number of carbonyl (C=O) groups is 1. The second-order valence-electron chi connectivity index (χ2n) is 6.51. The third-order valence-corrected chi connectivity index (χ3v) is 6.31. The van der Waals surface area contributed by atoms with Gasteiger partial charge >= 0.3 is 0 Å². The van der Waals surface area contributed by atoms with Crippen LogP contribution in [0.1, 0.15) is 25.3 Å². The number of sulfonamides is 1. The molecule has 0 aromatic heterocycles. The summed E-state index contributed by atoms with van der Waals surface area (Å²) in [6.07, 6.45) is 0. The zero-order valence-corrected chi connectivity index (χ0v) is 15.8. The van der Waals surface area contributed by atoms with Crippen LogP contribution in [0.25, 0.3) is 0 Å². The molecule has 140 valence electrons. The summed E-state index contributed by atoms with van der Waals surface area (Å²) in [5.41, 5.74) is 6.86. The number of hydrogen-bond acceptors (Lipinski definition) is 5. The quantitative estimate of drug-likeness (QED) is 0.793. The lowest BCUT2D eigenvalue weighted by Gasteiger charge is -2.35. The van der Waals surface area contributed by atoms with Gasteiger partial charge in [0.25, 0.3) is 0 Å². The molecule has 1 unspecified atom stereocenters. The van der Waals surface area contributed by atoms with Crippen molar-refractivity contribution in [2.45, 2.75) is 30.7 Å². The van der Waals surface area contributed by atoms with E-state index in [2.05, 4.69) is 13.8 Å². The summed E-state index contributed by atoms with van der Waals surface area (Å²) in [6, 6.07) is 6.28. The van der Waals surface area contributed by atoms with Crippen molar-refractivity contribution in [1.82, 2.24) is 9.21 Å². The average molecular weight is 369 g/mol. The van der Waals surface area contributed by atoms with Gasteiger partial charge in [0.05, 0.1) is 11.5 Å². The molecule has 0 bridgehead atoms. The summed E-state index contributed by atoms with van der Waals surface area (Å²) in [7, 11) is -2.06. The van der Waals surface area contributed by atoms with Crippen LogP contribution >= 0.6 is 0 Å². The molecule has 1 saturated heterocycles. The maximum absolute atomic E-state index is 12.8. The highest BCUT2D eigenvalue weighted by atomic mass is 32.2. The van der Waals surface area contributed by atoms with E-state index in [1.807, 2.05) is 12.1 Å². The molecule has 0 aliphatic carbocycles. The van der Waals surface area contributed by atoms with E-state index in [1.165, 1.54) is 11.4 Å². The third-order valence-electron chi connectivity index (χ3n) is 4.40. The average Bonchev–Trinajstić information content (AvgIpc) is 2.61. The third kappa shape index (κ3) is 4.58. The molecule has 0 saturated carbocycles. The van der Waals surface area contributed by atoms with Crippen molar-refractivity contribution in [1.29, 1.82) is 0 Å². The van der Waals surface area contributed by atoms with Gasteiger partial charge in [-0.1, -0.05) is 26.0 Å². The van der Waals surface area contributed by atoms with Crippen molar-refractivity contribution in [3.63, 3.8) is 0 Å². The summed E-state index contributed by atoms with van der Waals surface area (Å²) in [5.74, 6) is 0.141. The van der Waals surface area contributed by atoms with Crippen molar-refractivity contribution in [3.8, 4) is 0 Å². The maximum Gasteiger partial charge on any atom is 0.243 e. The van der Waals surface area contributed by atoms with Gasteiger partial charge in [-0.15, -0.1) is 0 Å². The van der Waals surface area contributed by atoms with Gasteiger partial charge in [-0.3, -0.25) is 4.79 Å². The van der Waals surface area contributed by atoms with E-state index in [9.17, 15) is 13.2 Å². The Balaban J connectivity index is 2.02. The minimum atomic E-state index is -3.54. The summed E-state index contributed by atoms with van der Waals surface area (Å²) >= 11 is 0. The largest absolute Gasteiger partial charge is 0.383 e. The van der Waals surface area contributed by atoms with E-state index >= 15 is 0 Å². The van der Waals surface area contributed by atoms with Crippen LogP contribution in [0.4, 0.5) is 0 Å². The van der Waals surface area contributed by atoms with E-state index in [0.29, 0.717) is 19.0 Å². The lowest BCUT2D eigenvalue weighted by atomic mass is 10.0. The van der Waals surface area contributed by atoms with Gasteiger partial charge in [0, 0.05) is 33.3 Å². The molecule has 2 rings (SSSR count). The van der Waals surface area contributed by atoms with Crippen molar-refractivity contribution >= 4 is 15.9 Å². The smallest absolute Gasteiger partial charge is 0.243 e. The second kappa shape index (κ2) is 8.27. The van der Waals surface area contributed by atoms with Crippen LogP contribution in [0, 0.1) is 0 Å². The minimum absolute atomic E-state index is 0.152. The Hall–Kier alpha value is -1.48. The van der Waals surface area contributed by atoms with E-state index in [1.54, 1.807) is 17.0 Å². The molecule has 1 aromatic carbocycles. The summed E-state index contributed by atoms with van der Waals surface area (Å²) in [6.45, 7) is 5.47. The van der Waals surface area contributed by atoms with Crippen LogP contribution in [-0.4, -0.2) is 69.5 Å². The molecule has 1 aliphatic heterocycles. The zero-order valence-electron chi connectivity index (χ0n) is 15.0. The number of hydrogen-bond donors (Lipinski definition) is 1. The van der Waals surface area contributed by atoms with Gasteiger partial charge in [0.2, 0.25) is 15.9 Å². The van der Waals surface area contributed by atoms with E-state index < -0.39 is 16.1 Å². The zero-order chi connectivity index (χ0) is 18.6. The first-order chi connectivity index (χ1) is 11.8. The summed E-state index contributed by atoms with van der Waals surface area (Å²) in [5, 5.41) is 0. The molecule has 2 N–H and O–H groups in total. The van der Waals surface area contributed by atoms with Crippen LogP contribution < -0.4 is 5.73 Å². The Kier molecular flexibility index (Phi) is 6.56. The van der Waals surface area contributed by atoms with E-state index in [4.69, 9.17) is 10.5 Å². The second-order valence-corrected chi connectivity index (χ2v) is 8.45. The first-order valence-electron chi connectivity index (χ1n) is 8.40. The van der Waals surface area contributed by atoms with Gasteiger partial charge < -0.3 is 15.4 Å². The normalized spacial score (nSPS) is 17.7. The van der Waals surface area contributed by atoms with Crippen molar-refractivity contribution < 1.29 is 17.9 Å².